The second-order valence-corrected chi connectivity index (χ2v) is 5.28. The van der Waals surface area contributed by atoms with E-state index in [1.807, 2.05) is 50.2 Å². The zero-order valence-corrected chi connectivity index (χ0v) is 12.1. The molecule has 4 heteroatoms. The highest BCUT2D eigenvalue weighted by atomic mass is 35.5. The van der Waals surface area contributed by atoms with Crippen LogP contribution in [0.25, 0.3) is 10.9 Å². The van der Waals surface area contributed by atoms with Crippen molar-refractivity contribution in [2.45, 2.75) is 19.9 Å². The number of rotatable bonds is 3. The molecule has 1 unspecified atom stereocenters. The molecule has 0 saturated carbocycles. The van der Waals surface area contributed by atoms with Crippen LogP contribution in [-0.2, 0) is 0 Å². The van der Waals surface area contributed by atoms with Crippen LogP contribution in [0.4, 0.5) is 5.69 Å². The van der Waals surface area contributed by atoms with Crippen LogP contribution in [0.3, 0.4) is 0 Å². The van der Waals surface area contributed by atoms with E-state index in [-0.39, 0.29) is 6.04 Å². The molecule has 0 fully saturated rings. The van der Waals surface area contributed by atoms with Gasteiger partial charge < -0.3 is 9.73 Å². The number of pyridine rings is 1. The number of fused-ring (bicyclic) bond motifs is 1. The molecule has 0 spiro atoms. The van der Waals surface area contributed by atoms with Crippen molar-refractivity contribution in [1.29, 1.82) is 0 Å². The van der Waals surface area contributed by atoms with E-state index in [0.717, 1.165) is 28.1 Å². The molecule has 3 rings (SSSR count). The second kappa shape index (κ2) is 5.17. The van der Waals surface area contributed by atoms with Crippen LogP contribution in [0.1, 0.15) is 24.5 Å². The first-order valence-electron chi connectivity index (χ1n) is 6.50. The summed E-state index contributed by atoms with van der Waals surface area (Å²) in [6, 6.07) is 11.7. The Morgan fingerprint density at radius 1 is 1.25 bits per heavy atom. The van der Waals surface area contributed by atoms with Crippen molar-refractivity contribution in [3.8, 4) is 0 Å². The third-order valence-corrected chi connectivity index (χ3v) is 3.45. The second-order valence-electron chi connectivity index (χ2n) is 4.84. The van der Waals surface area contributed by atoms with E-state index in [1.54, 1.807) is 6.20 Å². The maximum Gasteiger partial charge on any atom is 0.126 e. The molecule has 0 aliphatic carbocycles. The summed E-state index contributed by atoms with van der Waals surface area (Å²) in [5.74, 6) is 1.80. The van der Waals surface area contributed by atoms with Crippen molar-refractivity contribution < 1.29 is 4.42 Å². The first kappa shape index (κ1) is 13.0. The molecule has 0 aliphatic rings. The zero-order chi connectivity index (χ0) is 14.1. The lowest BCUT2D eigenvalue weighted by molar-refractivity contribution is 0.467. The van der Waals surface area contributed by atoms with Gasteiger partial charge in [-0.15, -0.1) is 0 Å². The zero-order valence-electron chi connectivity index (χ0n) is 11.4. The van der Waals surface area contributed by atoms with Gasteiger partial charge in [-0.05, 0) is 44.2 Å². The van der Waals surface area contributed by atoms with E-state index in [9.17, 15) is 0 Å². The minimum atomic E-state index is 0.0485. The van der Waals surface area contributed by atoms with E-state index in [0.29, 0.717) is 5.02 Å². The minimum absolute atomic E-state index is 0.0485. The van der Waals surface area contributed by atoms with Crippen LogP contribution in [0.2, 0.25) is 5.02 Å². The van der Waals surface area contributed by atoms with Crippen LogP contribution in [0, 0.1) is 6.92 Å². The summed E-state index contributed by atoms with van der Waals surface area (Å²) < 4.78 is 5.64. The molecule has 0 aliphatic heterocycles. The van der Waals surface area contributed by atoms with Gasteiger partial charge in [-0.1, -0.05) is 17.7 Å². The van der Waals surface area contributed by atoms with Crippen molar-refractivity contribution in [3.05, 3.63) is 59.1 Å². The summed E-state index contributed by atoms with van der Waals surface area (Å²) in [5.41, 5.74) is 1.82. The molecule has 20 heavy (non-hydrogen) atoms. The smallest absolute Gasteiger partial charge is 0.126 e. The molecule has 0 saturated heterocycles. The van der Waals surface area contributed by atoms with Gasteiger partial charge in [0.1, 0.15) is 11.5 Å². The Balaban J connectivity index is 1.98. The Hall–Kier alpha value is -2.00. The van der Waals surface area contributed by atoms with Crippen LogP contribution >= 0.6 is 11.6 Å². The first-order valence-corrected chi connectivity index (χ1v) is 6.88. The van der Waals surface area contributed by atoms with Crippen LogP contribution in [0.15, 0.2) is 47.0 Å². The van der Waals surface area contributed by atoms with Crippen molar-refractivity contribution in [1.82, 2.24) is 4.98 Å². The topological polar surface area (TPSA) is 38.1 Å². The number of aryl methyl sites for hydroxylation is 1. The van der Waals surface area contributed by atoms with E-state index in [2.05, 4.69) is 10.3 Å². The Morgan fingerprint density at radius 2 is 2.10 bits per heavy atom. The highest BCUT2D eigenvalue weighted by Gasteiger charge is 2.12. The predicted octanol–water partition coefficient (Wildman–Crippen LogP) is 4.96. The Kier molecular flexibility index (Phi) is 3.36. The van der Waals surface area contributed by atoms with Crippen LogP contribution in [0.5, 0.6) is 0 Å². The molecule has 102 valence electrons. The molecule has 0 bridgehead atoms. The van der Waals surface area contributed by atoms with E-state index < -0.39 is 0 Å². The highest BCUT2D eigenvalue weighted by Crippen LogP contribution is 2.29. The molecule has 3 aromatic rings. The van der Waals surface area contributed by atoms with Gasteiger partial charge in [0.25, 0.3) is 0 Å². The van der Waals surface area contributed by atoms with Gasteiger partial charge in [-0.2, -0.15) is 0 Å². The molecule has 2 aromatic heterocycles. The Morgan fingerprint density at radius 3 is 2.85 bits per heavy atom. The summed E-state index contributed by atoms with van der Waals surface area (Å²) in [6.45, 7) is 3.99. The molecule has 0 radical (unpaired) electrons. The lowest BCUT2D eigenvalue weighted by Gasteiger charge is -2.15. The maximum absolute atomic E-state index is 6.17. The molecule has 3 nitrogen and oxygen atoms in total. The summed E-state index contributed by atoms with van der Waals surface area (Å²) in [7, 11) is 0. The van der Waals surface area contributed by atoms with Gasteiger partial charge in [0.15, 0.2) is 0 Å². The lowest BCUT2D eigenvalue weighted by Crippen LogP contribution is -2.06. The maximum atomic E-state index is 6.17. The van der Waals surface area contributed by atoms with E-state index in [4.69, 9.17) is 16.0 Å². The summed E-state index contributed by atoms with van der Waals surface area (Å²) in [6.07, 6.45) is 1.78. The van der Waals surface area contributed by atoms with Gasteiger partial charge in [0, 0.05) is 16.6 Å². The third kappa shape index (κ3) is 2.49. The fraction of sp³-hybridized carbons (Fsp3) is 0.188. The van der Waals surface area contributed by atoms with Gasteiger partial charge in [0.05, 0.1) is 17.2 Å². The standard InChI is InChI=1S/C16H15ClN2O/c1-10-5-6-15(20-10)11(2)19-14-9-13(17)8-12-4-3-7-18-16(12)14/h3-9,11,19H,1-2H3. The quantitative estimate of drug-likeness (QED) is 0.739. The normalized spacial score (nSPS) is 12.6. The van der Waals surface area contributed by atoms with Gasteiger partial charge in [-0.3, -0.25) is 4.98 Å². The molecule has 1 aromatic carbocycles. The number of furan rings is 1. The number of hydrogen-bond donors (Lipinski definition) is 1. The molecule has 1 N–H and O–H groups in total. The first-order chi connectivity index (χ1) is 9.63. The number of anilines is 1. The summed E-state index contributed by atoms with van der Waals surface area (Å²) >= 11 is 6.17. The summed E-state index contributed by atoms with van der Waals surface area (Å²) in [4.78, 5) is 4.42. The molecule has 2 heterocycles. The van der Waals surface area contributed by atoms with Crippen molar-refractivity contribution >= 4 is 28.2 Å². The molecule has 1 atom stereocenters. The van der Waals surface area contributed by atoms with Crippen LogP contribution in [-0.4, -0.2) is 4.98 Å². The fourth-order valence-corrected chi connectivity index (χ4v) is 2.48. The van der Waals surface area contributed by atoms with Crippen molar-refractivity contribution in [2.75, 3.05) is 5.32 Å². The lowest BCUT2D eigenvalue weighted by atomic mass is 10.1. The van der Waals surface area contributed by atoms with Gasteiger partial charge in [-0.25, -0.2) is 0 Å². The number of nitrogens with zero attached hydrogens (tertiary/aromatic N) is 1. The highest BCUT2D eigenvalue weighted by molar-refractivity contribution is 6.31. The van der Waals surface area contributed by atoms with Crippen molar-refractivity contribution in [2.24, 2.45) is 0 Å². The third-order valence-electron chi connectivity index (χ3n) is 3.23. The Labute approximate surface area is 122 Å². The molecule has 0 amide bonds. The number of nitrogens with one attached hydrogen (secondary N) is 1. The molecular formula is C16H15ClN2O. The fourth-order valence-electron chi connectivity index (χ4n) is 2.26. The number of halogens is 1. The largest absolute Gasteiger partial charge is 0.464 e. The van der Waals surface area contributed by atoms with E-state index >= 15 is 0 Å². The van der Waals surface area contributed by atoms with Crippen LogP contribution < -0.4 is 5.32 Å². The van der Waals surface area contributed by atoms with Crippen molar-refractivity contribution in [3.63, 3.8) is 0 Å². The Bertz CT molecular complexity index is 751. The average molecular weight is 287 g/mol. The monoisotopic (exact) mass is 286 g/mol. The number of benzene rings is 1. The predicted molar refractivity (Wildman–Crippen MR) is 82.2 cm³/mol. The number of aromatic nitrogens is 1. The van der Waals surface area contributed by atoms with Gasteiger partial charge in [0.2, 0.25) is 0 Å². The van der Waals surface area contributed by atoms with E-state index in [1.165, 1.54) is 0 Å². The van der Waals surface area contributed by atoms with Gasteiger partial charge >= 0.3 is 0 Å². The summed E-state index contributed by atoms with van der Waals surface area (Å²) in [5, 5.41) is 5.12. The SMILES string of the molecule is Cc1ccc(C(C)Nc2cc(Cl)cc3cccnc23)o1. The molecular weight excluding hydrogens is 272 g/mol. The number of hydrogen-bond acceptors (Lipinski definition) is 3. The minimum Gasteiger partial charge on any atom is -0.464 e. The average Bonchev–Trinajstić information content (AvgIpc) is 2.85.